The van der Waals surface area contributed by atoms with Crippen molar-refractivity contribution >= 4 is 17.0 Å². The number of hydrogen-bond acceptors (Lipinski definition) is 4. The van der Waals surface area contributed by atoms with Gasteiger partial charge in [-0.25, -0.2) is 4.79 Å². The van der Waals surface area contributed by atoms with E-state index in [0.717, 1.165) is 0 Å². The van der Waals surface area contributed by atoms with E-state index in [0.29, 0.717) is 11.1 Å². The summed E-state index contributed by atoms with van der Waals surface area (Å²) in [7, 11) is 1.28. The van der Waals surface area contributed by atoms with Crippen LogP contribution in [0.5, 0.6) is 0 Å². The Morgan fingerprint density at radius 3 is 2.47 bits per heavy atom. The van der Waals surface area contributed by atoms with Crippen LogP contribution in [0.1, 0.15) is 15.9 Å². The zero-order valence-electron chi connectivity index (χ0n) is 8.77. The molecule has 0 aromatic heterocycles. The van der Waals surface area contributed by atoms with E-state index in [-0.39, 0.29) is 34.5 Å². The Kier molecular flexibility index (Phi) is 6.31. The second-order valence-electron chi connectivity index (χ2n) is 2.71. The first-order chi connectivity index (χ1) is 6.56. The van der Waals surface area contributed by atoms with Gasteiger partial charge in [-0.1, -0.05) is 0 Å². The van der Waals surface area contributed by atoms with E-state index in [1.54, 1.807) is 6.92 Å². The predicted molar refractivity (Wildman–Crippen MR) is 49.7 cm³/mol. The minimum Gasteiger partial charge on any atom is -0.768 e. The van der Waals surface area contributed by atoms with Crippen LogP contribution in [0.2, 0.25) is 0 Å². The third kappa shape index (κ3) is 3.70. The van der Waals surface area contributed by atoms with Crippen molar-refractivity contribution in [3.63, 3.8) is 0 Å². The molecule has 0 aliphatic rings. The molecule has 1 aromatic rings. The van der Waals surface area contributed by atoms with Crippen LogP contribution in [0.3, 0.4) is 0 Å². The van der Waals surface area contributed by atoms with Gasteiger partial charge in [-0.2, -0.15) is 0 Å². The van der Waals surface area contributed by atoms with Crippen molar-refractivity contribution in [3.05, 3.63) is 29.3 Å². The normalized spacial score (nSPS) is 11.4. The Balaban J connectivity index is 0.00000196. The fourth-order valence-corrected chi connectivity index (χ4v) is 1.58. The summed E-state index contributed by atoms with van der Waals surface area (Å²) in [5.74, 6) is -0.476. The van der Waals surface area contributed by atoms with Crippen molar-refractivity contribution in [1.29, 1.82) is 0 Å². The molecule has 0 aliphatic carbocycles. The van der Waals surface area contributed by atoms with Crippen molar-refractivity contribution in [2.45, 2.75) is 11.8 Å². The summed E-state index contributed by atoms with van der Waals surface area (Å²) in [5, 5.41) is 0. The summed E-state index contributed by atoms with van der Waals surface area (Å²) in [6.07, 6.45) is 0. The number of aryl methyl sites for hydroxylation is 1. The summed E-state index contributed by atoms with van der Waals surface area (Å²) < 4.78 is 25.8. The zero-order chi connectivity index (χ0) is 10.7. The van der Waals surface area contributed by atoms with Crippen LogP contribution in [0.15, 0.2) is 23.1 Å². The molecule has 0 heterocycles. The fraction of sp³-hybridized carbons (Fsp3) is 0.222. The molecule has 0 saturated heterocycles. The smallest absolute Gasteiger partial charge is 0.768 e. The van der Waals surface area contributed by atoms with E-state index >= 15 is 0 Å². The first kappa shape index (κ1) is 14.8. The summed E-state index contributed by atoms with van der Waals surface area (Å²) in [6.45, 7) is 1.62. The van der Waals surface area contributed by atoms with Gasteiger partial charge in [0, 0.05) is 4.90 Å². The van der Waals surface area contributed by atoms with Gasteiger partial charge in [0.2, 0.25) is 0 Å². The second-order valence-corrected chi connectivity index (χ2v) is 3.62. The van der Waals surface area contributed by atoms with E-state index in [1.165, 1.54) is 25.3 Å². The molecule has 0 N–H and O–H groups in total. The molecule has 0 spiro atoms. The molecule has 1 atom stereocenters. The number of carbonyl (C=O) groups is 1. The predicted octanol–water partition coefficient (Wildman–Crippen LogP) is -1.98. The SMILES string of the molecule is COC(=O)c1ccc(S(=O)[O-])c(C)c1.[Na+]. The van der Waals surface area contributed by atoms with Crippen molar-refractivity contribution in [2.24, 2.45) is 0 Å². The molecule has 0 aliphatic heterocycles. The number of ether oxygens (including phenoxy) is 1. The van der Waals surface area contributed by atoms with Gasteiger partial charge in [-0.05, 0) is 41.8 Å². The van der Waals surface area contributed by atoms with Gasteiger partial charge < -0.3 is 9.29 Å². The standard InChI is InChI=1S/C9H10O4S.Na/c1-6-5-7(9(10)13-2)3-4-8(6)14(11)12;/h3-5H,1-2H3,(H,11,12);/q;+1/p-1. The second kappa shape index (κ2) is 6.40. The molecule has 4 nitrogen and oxygen atoms in total. The molecule has 15 heavy (non-hydrogen) atoms. The maximum absolute atomic E-state index is 11.1. The minimum atomic E-state index is -2.27. The molecule has 6 heteroatoms. The molecular formula is C9H9NaO4S. The third-order valence-corrected chi connectivity index (χ3v) is 2.59. The van der Waals surface area contributed by atoms with Gasteiger partial charge in [-0.15, -0.1) is 0 Å². The minimum absolute atomic E-state index is 0. The first-order valence-corrected chi connectivity index (χ1v) is 4.92. The number of rotatable bonds is 2. The zero-order valence-corrected chi connectivity index (χ0v) is 11.6. The van der Waals surface area contributed by atoms with Gasteiger partial charge in [0.05, 0.1) is 12.7 Å². The fourth-order valence-electron chi connectivity index (χ4n) is 1.08. The van der Waals surface area contributed by atoms with Crippen LogP contribution in [0.25, 0.3) is 0 Å². The molecule has 76 valence electrons. The van der Waals surface area contributed by atoms with Crippen LogP contribution >= 0.6 is 0 Å². The van der Waals surface area contributed by atoms with Crippen molar-refractivity contribution in [2.75, 3.05) is 7.11 Å². The van der Waals surface area contributed by atoms with Crippen LogP contribution in [-0.2, 0) is 15.8 Å². The maximum Gasteiger partial charge on any atom is 1.00 e. The average molecular weight is 236 g/mol. The van der Waals surface area contributed by atoms with E-state index in [2.05, 4.69) is 4.74 Å². The number of benzene rings is 1. The molecule has 0 saturated carbocycles. The topological polar surface area (TPSA) is 66.4 Å². The molecular weight excluding hydrogens is 227 g/mol. The first-order valence-electron chi connectivity index (χ1n) is 3.84. The summed E-state index contributed by atoms with van der Waals surface area (Å²) in [4.78, 5) is 11.3. The van der Waals surface area contributed by atoms with Crippen LogP contribution < -0.4 is 29.6 Å². The average Bonchev–Trinajstić information content (AvgIpc) is 2.15. The third-order valence-electron chi connectivity index (χ3n) is 1.78. The van der Waals surface area contributed by atoms with Crippen LogP contribution in [0.4, 0.5) is 0 Å². The molecule has 1 rings (SSSR count). The van der Waals surface area contributed by atoms with E-state index in [1.807, 2.05) is 0 Å². The van der Waals surface area contributed by atoms with E-state index < -0.39 is 17.0 Å². The number of carbonyl (C=O) groups excluding carboxylic acids is 1. The van der Waals surface area contributed by atoms with Crippen molar-refractivity contribution < 1.29 is 47.9 Å². The summed E-state index contributed by atoms with van der Waals surface area (Å²) in [6, 6.07) is 4.28. The van der Waals surface area contributed by atoms with Crippen LogP contribution in [0, 0.1) is 6.92 Å². The quantitative estimate of drug-likeness (QED) is 0.339. The van der Waals surface area contributed by atoms with Gasteiger partial charge >= 0.3 is 35.5 Å². The largest absolute Gasteiger partial charge is 1.00 e. The summed E-state index contributed by atoms with van der Waals surface area (Å²) >= 11 is -2.27. The molecule has 1 aromatic carbocycles. The molecule has 0 amide bonds. The maximum atomic E-state index is 11.1. The molecule has 0 bridgehead atoms. The monoisotopic (exact) mass is 236 g/mol. The van der Waals surface area contributed by atoms with Gasteiger partial charge in [0.15, 0.2) is 0 Å². The van der Waals surface area contributed by atoms with E-state index in [9.17, 15) is 13.6 Å². The Morgan fingerprint density at radius 1 is 1.47 bits per heavy atom. The van der Waals surface area contributed by atoms with Crippen molar-refractivity contribution in [3.8, 4) is 0 Å². The van der Waals surface area contributed by atoms with Crippen LogP contribution in [-0.4, -0.2) is 21.8 Å². The molecule has 0 radical (unpaired) electrons. The number of esters is 1. The summed E-state index contributed by atoms with van der Waals surface area (Å²) in [5.41, 5.74) is 0.875. The number of methoxy groups -OCH3 is 1. The van der Waals surface area contributed by atoms with Gasteiger partial charge in [-0.3, -0.25) is 4.21 Å². The Hall–Kier alpha value is -0.200. The Morgan fingerprint density at radius 2 is 2.07 bits per heavy atom. The van der Waals surface area contributed by atoms with Gasteiger partial charge in [0.25, 0.3) is 0 Å². The molecule has 1 unspecified atom stereocenters. The van der Waals surface area contributed by atoms with E-state index in [4.69, 9.17) is 0 Å². The van der Waals surface area contributed by atoms with Gasteiger partial charge in [0.1, 0.15) is 0 Å². The Labute approximate surface area is 113 Å². The van der Waals surface area contributed by atoms with Crippen molar-refractivity contribution in [1.82, 2.24) is 0 Å². The number of hydrogen-bond donors (Lipinski definition) is 0. The molecule has 0 fully saturated rings. The Bertz CT molecular complexity index is 392.